The average molecular weight is 885 g/mol. The van der Waals surface area contributed by atoms with Crippen molar-refractivity contribution in [1.82, 2.24) is 0 Å². The molecule has 338 valence electrons. The van der Waals surface area contributed by atoms with Gasteiger partial charge in [-0.15, -0.1) is 0 Å². The molecule has 11 rings (SSSR count). The van der Waals surface area contributed by atoms with Gasteiger partial charge in [-0.2, -0.15) is 0 Å². The maximum atomic E-state index is 3.67. The summed E-state index contributed by atoms with van der Waals surface area (Å²) in [6.07, 6.45) is 20.3. The molecule has 0 heterocycles. The van der Waals surface area contributed by atoms with Crippen LogP contribution in [0.5, 0.6) is 0 Å². The third-order valence-electron chi connectivity index (χ3n) is 15.4. The van der Waals surface area contributed by atoms with Gasteiger partial charge in [0.25, 0.3) is 0 Å². The summed E-state index contributed by atoms with van der Waals surface area (Å²) in [6, 6.07) is 64.4. The highest BCUT2D eigenvalue weighted by atomic mass is 15.1. The number of hydrogen-bond donors (Lipinski definition) is 1. The molecule has 1 unspecified atom stereocenters. The molecule has 0 fully saturated rings. The van der Waals surface area contributed by atoms with E-state index < -0.39 is 0 Å². The second-order valence-electron chi connectivity index (χ2n) is 19.9. The van der Waals surface area contributed by atoms with E-state index in [0.717, 1.165) is 23.5 Å². The first-order valence-corrected chi connectivity index (χ1v) is 25.6. The van der Waals surface area contributed by atoms with Gasteiger partial charge in [0.05, 0.1) is 0 Å². The Morgan fingerprint density at radius 3 is 1.90 bits per heavy atom. The third-order valence-corrected chi connectivity index (χ3v) is 15.4. The first kappa shape index (κ1) is 43.7. The summed E-state index contributed by atoms with van der Waals surface area (Å²) in [5, 5.41) is 6.10. The molecule has 0 aliphatic heterocycles. The van der Waals surface area contributed by atoms with Crippen LogP contribution in [0.2, 0.25) is 0 Å². The number of benzene rings is 8. The summed E-state index contributed by atoms with van der Waals surface area (Å²) in [6.45, 7) is 6.95. The van der Waals surface area contributed by atoms with Gasteiger partial charge in [0.2, 0.25) is 0 Å². The minimum absolute atomic E-state index is 0.00155. The normalized spacial score (nSPS) is 15.3. The monoisotopic (exact) mass is 885 g/mol. The molecule has 0 saturated carbocycles. The molecule has 8 aromatic carbocycles. The van der Waals surface area contributed by atoms with Gasteiger partial charge in [-0.25, -0.2) is 0 Å². The zero-order valence-electron chi connectivity index (χ0n) is 40.2. The van der Waals surface area contributed by atoms with Gasteiger partial charge in [-0.3, -0.25) is 0 Å². The number of fused-ring (bicyclic) bond motifs is 5. The topological polar surface area (TPSA) is 15.3 Å². The van der Waals surface area contributed by atoms with Crippen molar-refractivity contribution in [3.05, 3.63) is 227 Å². The van der Waals surface area contributed by atoms with E-state index >= 15 is 0 Å². The zero-order valence-corrected chi connectivity index (χ0v) is 40.2. The summed E-state index contributed by atoms with van der Waals surface area (Å²) < 4.78 is 0. The molecule has 8 aromatic rings. The largest absolute Gasteiger partial charge is 0.356 e. The number of anilines is 5. The lowest BCUT2D eigenvalue weighted by Gasteiger charge is -2.34. The predicted octanol–water partition coefficient (Wildman–Crippen LogP) is 18.7. The van der Waals surface area contributed by atoms with E-state index in [2.05, 4.69) is 219 Å². The Kier molecular flexibility index (Phi) is 12.2. The molecule has 3 aliphatic rings. The fourth-order valence-corrected chi connectivity index (χ4v) is 11.6. The highest BCUT2D eigenvalue weighted by molar-refractivity contribution is 5.93. The van der Waals surface area contributed by atoms with Crippen LogP contribution in [0.3, 0.4) is 0 Å². The molecule has 3 aliphatic carbocycles. The Balaban J connectivity index is 0.959. The molecule has 0 amide bonds. The van der Waals surface area contributed by atoms with E-state index in [9.17, 15) is 0 Å². The van der Waals surface area contributed by atoms with Gasteiger partial charge in [0, 0.05) is 39.8 Å². The van der Waals surface area contributed by atoms with E-state index in [0.29, 0.717) is 5.92 Å². The molecular weight excluding hydrogens is 821 g/mol. The van der Waals surface area contributed by atoms with Crippen LogP contribution in [0.25, 0.3) is 38.6 Å². The quantitative estimate of drug-likeness (QED) is 0.0973. The van der Waals surface area contributed by atoms with Crippen molar-refractivity contribution in [3.8, 4) is 22.3 Å². The van der Waals surface area contributed by atoms with Crippen LogP contribution in [0.4, 0.5) is 28.4 Å². The standard InChI is InChI=1S/C66H64N2/c1-4-6-11-38-66(39-12-7-5-2)64-40-46(3)18-36-62(64)63-37-35-61(45-65(63)66)68(59-32-26-50(27-33-59)51-16-13-17-52(41-51)54-22-20-49-19-21-53(49)42-54)60-34-28-55-43-58(31-25-56(55)44-60)67-57-29-23-48(24-30-57)47-14-9-8-10-15-47/h8-10,13-18,20,22-37,40,42-45,52,67H,4-7,11-12,19,21,38-39,41H2,1-3H3. The first-order chi connectivity index (χ1) is 33.5. The van der Waals surface area contributed by atoms with Crippen LogP contribution in [0.1, 0.15) is 116 Å². The summed E-state index contributed by atoms with van der Waals surface area (Å²) >= 11 is 0. The Labute approximate surface area is 405 Å². The number of nitrogens with one attached hydrogen (secondary N) is 1. The van der Waals surface area contributed by atoms with E-state index in [1.807, 2.05) is 0 Å². The number of unbranched alkanes of at least 4 members (excludes halogenated alkanes) is 4. The summed E-state index contributed by atoms with van der Waals surface area (Å²) in [4.78, 5) is 2.51. The molecule has 0 bridgehead atoms. The second kappa shape index (κ2) is 19.0. The lowest BCUT2D eigenvalue weighted by atomic mass is 9.70. The van der Waals surface area contributed by atoms with E-state index in [4.69, 9.17) is 0 Å². The van der Waals surface area contributed by atoms with Crippen LogP contribution in [0.15, 0.2) is 188 Å². The number of hydrogen-bond acceptors (Lipinski definition) is 2. The highest BCUT2D eigenvalue weighted by Crippen LogP contribution is 2.56. The molecule has 2 heteroatoms. The number of rotatable bonds is 16. The summed E-state index contributed by atoms with van der Waals surface area (Å²) in [5.41, 5.74) is 22.6. The minimum Gasteiger partial charge on any atom is -0.356 e. The maximum Gasteiger partial charge on any atom is 0.0468 e. The SMILES string of the molecule is CCCCCC1(CCCCC)c2cc(C)ccc2-c2ccc(N(c3ccc(C4=CC=CC(c5ccc6c(c5)CC6)C4)cc3)c3ccc4cc(Nc5ccc(-c6ccccc6)cc5)ccc4c3)cc21. The lowest BCUT2D eigenvalue weighted by Crippen LogP contribution is -2.26. The Bertz CT molecular complexity index is 3140. The summed E-state index contributed by atoms with van der Waals surface area (Å²) in [7, 11) is 0. The van der Waals surface area contributed by atoms with Crippen LogP contribution in [-0.4, -0.2) is 0 Å². The molecule has 1 atom stereocenters. The first-order valence-electron chi connectivity index (χ1n) is 25.6. The molecule has 2 nitrogen and oxygen atoms in total. The fourth-order valence-electron chi connectivity index (χ4n) is 11.6. The van der Waals surface area contributed by atoms with Gasteiger partial charge in [-0.05, 0) is 172 Å². The predicted molar refractivity (Wildman–Crippen MR) is 291 cm³/mol. The summed E-state index contributed by atoms with van der Waals surface area (Å²) in [5.74, 6) is 0.403. The van der Waals surface area contributed by atoms with Crippen molar-refractivity contribution < 1.29 is 0 Å². The van der Waals surface area contributed by atoms with Gasteiger partial charge in [0.15, 0.2) is 0 Å². The van der Waals surface area contributed by atoms with Gasteiger partial charge in [0.1, 0.15) is 0 Å². The van der Waals surface area contributed by atoms with Crippen LogP contribution >= 0.6 is 0 Å². The average Bonchev–Trinajstić information content (AvgIpc) is 3.63. The van der Waals surface area contributed by atoms with E-state index in [-0.39, 0.29) is 5.41 Å². The van der Waals surface area contributed by atoms with Crippen molar-refractivity contribution >= 4 is 44.8 Å². The van der Waals surface area contributed by atoms with Crippen LogP contribution < -0.4 is 10.2 Å². The smallest absolute Gasteiger partial charge is 0.0468 e. The number of aryl methyl sites for hydroxylation is 3. The van der Waals surface area contributed by atoms with Gasteiger partial charge in [-0.1, -0.05) is 185 Å². The second-order valence-corrected chi connectivity index (χ2v) is 19.9. The van der Waals surface area contributed by atoms with Gasteiger partial charge < -0.3 is 10.2 Å². The zero-order chi connectivity index (χ0) is 46.0. The van der Waals surface area contributed by atoms with Gasteiger partial charge >= 0.3 is 0 Å². The molecule has 0 aromatic heterocycles. The Morgan fingerprint density at radius 1 is 0.529 bits per heavy atom. The van der Waals surface area contributed by atoms with Crippen molar-refractivity contribution in [3.63, 3.8) is 0 Å². The minimum atomic E-state index is -0.00155. The fraction of sp³-hybridized carbons (Fsp3) is 0.242. The number of allylic oxidation sites excluding steroid dienone is 4. The highest BCUT2D eigenvalue weighted by Gasteiger charge is 2.42. The maximum absolute atomic E-state index is 3.67. The van der Waals surface area contributed by atoms with Crippen molar-refractivity contribution in [1.29, 1.82) is 0 Å². The molecule has 1 N–H and O–H groups in total. The van der Waals surface area contributed by atoms with E-state index in [1.165, 1.54) is 148 Å². The molecule has 68 heavy (non-hydrogen) atoms. The molecule has 0 spiro atoms. The van der Waals surface area contributed by atoms with Crippen molar-refractivity contribution in [2.75, 3.05) is 10.2 Å². The van der Waals surface area contributed by atoms with Crippen LogP contribution in [-0.2, 0) is 18.3 Å². The molecular formula is C66H64N2. The number of nitrogens with zero attached hydrogens (tertiary/aromatic N) is 1. The molecule has 0 radical (unpaired) electrons. The third kappa shape index (κ3) is 8.51. The van der Waals surface area contributed by atoms with Crippen molar-refractivity contribution in [2.24, 2.45) is 0 Å². The molecule has 0 saturated heterocycles. The van der Waals surface area contributed by atoms with Crippen LogP contribution in [0, 0.1) is 6.92 Å². The Hall–Kier alpha value is -6.90. The Morgan fingerprint density at radius 2 is 1.16 bits per heavy atom. The lowest BCUT2D eigenvalue weighted by molar-refractivity contribution is 0.405. The van der Waals surface area contributed by atoms with E-state index in [1.54, 1.807) is 5.56 Å². The van der Waals surface area contributed by atoms with Crippen molar-refractivity contribution in [2.45, 2.75) is 103 Å².